The maximum absolute atomic E-state index is 13.3. The van der Waals surface area contributed by atoms with Gasteiger partial charge >= 0.3 is 0 Å². The van der Waals surface area contributed by atoms with Gasteiger partial charge in [0, 0.05) is 48.6 Å². The van der Waals surface area contributed by atoms with Crippen LogP contribution in [0.1, 0.15) is 60.0 Å². The van der Waals surface area contributed by atoms with Crippen LogP contribution in [0.4, 0.5) is 0 Å². The van der Waals surface area contributed by atoms with Crippen LogP contribution in [0.3, 0.4) is 0 Å². The van der Waals surface area contributed by atoms with Crippen molar-refractivity contribution in [1.82, 2.24) is 9.80 Å². The largest absolute Gasteiger partial charge is 0.493 e. The second kappa shape index (κ2) is 10.8. The van der Waals surface area contributed by atoms with E-state index in [4.69, 9.17) is 16.3 Å². The topological polar surface area (TPSA) is 49.9 Å². The number of likely N-dealkylation sites (tertiary alicyclic amines) is 2. The number of amides is 2. The molecular formula is C28H35ClN2O3. The number of hydrogen-bond donors (Lipinski definition) is 0. The highest BCUT2D eigenvalue weighted by Crippen LogP contribution is 2.36. The lowest BCUT2D eigenvalue weighted by molar-refractivity contribution is -0.136. The smallest absolute Gasteiger partial charge is 0.253 e. The Morgan fingerprint density at radius 2 is 1.65 bits per heavy atom. The Morgan fingerprint density at radius 3 is 2.35 bits per heavy atom. The molecule has 0 spiro atoms. The van der Waals surface area contributed by atoms with Crippen molar-refractivity contribution in [3.05, 3.63) is 64.2 Å². The molecule has 1 atom stereocenters. The van der Waals surface area contributed by atoms with Gasteiger partial charge in [0.15, 0.2) is 0 Å². The van der Waals surface area contributed by atoms with Crippen LogP contribution in [0.15, 0.2) is 42.5 Å². The molecule has 2 heterocycles. The van der Waals surface area contributed by atoms with Gasteiger partial charge in [0.2, 0.25) is 5.91 Å². The summed E-state index contributed by atoms with van der Waals surface area (Å²) >= 11 is 6.18. The van der Waals surface area contributed by atoms with Crippen LogP contribution < -0.4 is 4.74 Å². The molecule has 0 radical (unpaired) electrons. The van der Waals surface area contributed by atoms with Gasteiger partial charge in [-0.1, -0.05) is 29.3 Å². The molecule has 34 heavy (non-hydrogen) atoms. The van der Waals surface area contributed by atoms with Crippen LogP contribution in [0.2, 0.25) is 5.02 Å². The van der Waals surface area contributed by atoms with Gasteiger partial charge in [0.1, 0.15) is 5.75 Å². The summed E-state index contributed by atoms with van der Waals surface area (Å²) in [6.45, 7) is 7.25. The Bertz CT molecular complexity index is 1020. The van der Waals surface area contributed by atoms with E-state index < -0.39 is 5.41 Å². The standard InChI is InChI=1S/C28H35ClN2O3/c1-21-7-9-23(10-8-21)27(33)31-16-6-13-28(19-31,18-26(32)30-14-4-3-5-15-30)20-34-24-11-12-25(29)22(2)17-24/h7-12,17H,3-6,13-16,18-20H2,1-2H3/t28-/m0/s1. The maximum atomic E-state index is 13.3. The van der Waals surface area contributed by atoms with Crippen molar-refractivity contribution in [3.63, 3.8) is 0 Å². The van der Waals surface area contributed by atoms with E-state index in [9.17, 15) is 9.59 Å². The maximum Gasteiger partial charge on any atom is 0.253 e. The van der Waals surface area contributed by atoms with Crippen LogP contribution in [-0.4, -0.2) is 54.4 Å². The quantitative estimate of drug-likeness (QED) is 0.533. The van der Waals surface area contributed by atoms with E-state index in [0.29, 0.717) is 36.7 Å². The summed E-state index contributed by atoms with van der Waals surface area (Å²) in [4.78, 5) is 30.5. The summed E-state index contributed by atoms with van der Waals surface area (Å²) in [7, 11) is 0. The molecule has 2 aromatic rings. The van der Waals surface area contributed by atoms with Gasteiger partial charge in [0.05, 0.1) is 6.61 Å². The molecule has 2 amide bonds. The molecule has 0 saturated carbocycles. The lowest BCUT2D eigenvalue weighted by Gasteiger charge is -2.43. The summed E-state index contributed by atoms with van der Waals surface area (Å²) in [6, 6.07) is 13.4. The predicted molar refractivity (Wildman–Crippen MR) is 135 cm³/mol. The van der Waals surface area contributed by atoms with E-state index in [2.05, 4.69) is 0 Å². The first-order valence-electron chi connectivity index (χ1n) is 12.4. The lowest BCUT2D eigenvalue weighted by Crippen LogP contribution is -2.51. The number of carbonyl (C=O) groups is 2. The third-order valence-electron chi connectivity index (χ3n) is 7.16. The molecule has 0 bridgehead atoms. The van der Waals surface area contributed by atoms with Gasteiger partial charge in [-0.25, -0.2) is 0 Å². The number of benzene rings is 2. The van der Waals surface area contributed by atoms with Gasteiger partial charge in [0.25, 0.3) is 5.91 Å². The minimum Gasteiger partial charge on any atom is -0.493 e. The fraction of sp³-hybridized carbons (Fsp3) is 0.500. The Hall–Kier alpha value is -2.53. The summed E-state index contributed by atoms with van der Waals surface area (Å²) in [5, 5.41) is 0.704. The van der Waals surface area contributed by atoms with E-state index in [1.165, 1.54) is 6.42 Å². The number of nitrogens with zero attached hydrogens (tertiary/aromatic N) is 2. The number of carbonyl (C=O) groups excluding carboxylic acids is 2. The van der Waals surface area contributed by atoms with Gasteiger partial charge in [-0.15, -0.1) is 0 Å². The van der Waals surface area contributed by atoms with Crippen molar-refractivity contribution in [2.45, 2.75) is 52.4 Å². The van der Waals surface area contributed by atoms with Crippen LogP contribution in [-0.2, 0) is 4.79 Å². The lowest BCUT2D eigenvalue weighted by atomic mass is 9.77. The Kier molecular flexibility index (Phi) is 7.82. The number of hydrogen-bond acceptors (Lipinski definition) is 3. The molecule has 4 rings (SSSR count). The zero-order valence-corrected chi connectivity index (χ0v) is 21.1. The van der Waals surface area contributed by atoms with Crippen molar-refractivity contribution in [2.75, 3.05) is 32.8 Å². The van der Waals surface area contributed by atoms with E-state index in [1.807, 2.05) is 66.1 Å². The van der Waals surface area contributed by atoms with Crippen molar-refractivity contribution < 1.29 is 14.3 Å². The summed E-state index contributed by atoms with van der Waals surface area (Å²) in [6.07, 6.45) is 5.43. The Balaban J connectivity index is 1.53. The molecule has 2 aliphatic rings. The molecule has 2 aromatic carbocycles. The molecule has 0 aliphatic carbocycles. The van der Waals surface area contributed by atoms with Gasteiger partial charge in [-0.05, 0) is 81.8 Å². The monoisotopic (exact) mass is 482 g/mol. The van der Waals surface area contributed by atoms with E-state index >= 15 is 0 Å². The first-order valence-corrected chi connectivity index (χ1v) is 12.8. The normalized spacial score (nSPS) is 20.8. The average molecular weight is 483 g/mol. The highest BCUT2D eigenvalue weighted by Gasteiger charge is 2.41. The van der Waals surface area contributed by atoms with E-state index in [0.717, 1.165) is 55.6 Å². The number of ether oxygens (including phenoxy) is 1. The first kappa shape index (κ1) is 24.6. The number of halogens is 1. The van der Waals surface area contributed by atoms with Crippen LogP contribution in [0.5, 0.6) is 5.75 Å². The Labute approximate surface area is 208 Å². The summed E-state index contributed by atoms with van der Waals surface area (Å²) in [5.74, 6) is 0.950. The third-order valence-corrected chi connectivity index (χ3v) is 7.58. The van der Waals surface area contributed by atoms with Crippen LogP contribution >= 0.6 is 11.6 Å². The van der Waals surface area contributed by atoms with Gasteiger partial charge in [-0.2, -0.15) is 0 Å². The number of aryl methyl sites for hydroxylation is 2. The number of rotatable bonds is 6. The minimum atomic E-state index is -0.416. The van der Waals surface area contributed by atoms with Gasteiger partial charge < -0.3 is 14.5 Å². The molecule has 5 nitrogen and oxygen atoms in total. The average Bonchev–Trinajstić information content (AvgIpc) is 2.85. The summed E-state index contributed by atoms with van der Waals surface area (Å²) < 4.78 is 6.26. The zero-order valence-electron chi connectivity index (χ0n) is 20.3. The molecule has 0 N–H and O–H groups in total. The summed E-state index contributed by atoms with van der Waals surface area (Å²) in [5.41, 5.74) is 2.36. The predicted octanol–water partition coefficient (Wildman–Crippen LogP) is 5.66. The van der Waals surface area contributed by atoms with Crippen molar-refractivity contribution in [1.29, 1.82) is 0 Å². The molecule has 2 aliphatic heterocycles. The zero-order chi connectivity index (χ0) is 24.1. The molecule has 0 aromatic heterocycles. The fourth-order valence-corrected chi connectivity index (χ4v) is 5.21. The molecule has 0 unspecified atom stereocenters. The minimum absolute atomic E-state index is 0.0248. The van der Waals surface area contributed by atoms with Gasteiger partial charge in [-0.3, -0.25) is 9.59 Å². The fourth-order valence-electron chi connectivity index (χ4n) is 5.09. The first-order chi connectivity index (χ1) is 16.3. The SMILES string of the molecule is Cc1ccc(C(=O)N2CCC[C@](COc3ccc(Cl)c(C)c3)(CC(=O)N3CCCCC3)C2)cc1. The van der Waals surface area contributed by atoms with Crippen molar-refractivity contribution in [2.24, 2.45) is 5.41 Å². The van der Waals surface area contributed by atoms with Crippen LogP contribution in [0, 0.1) is 19.3 Å². The van der Waals surface area contributed by atoms with E-state index in [-0.39, 0.29) is 11.8 Å². The highest BCUT2D eigenvalue weighted by molar-refractivity contribution is 6.31. The Morgan fingerprint density at radius 1 is 0.941 bits per heavy atom. The van der Waals surface area contributed by atoms with Crippen molar-refractivity contribution in [3.8, 4) is 5.75 Å². The number of piperidine rings is 2. The van der Waals surface area contributed by atoms with Crippen molar-refractivity contribution >= 4 is 23.4 Å². The second-order valence-corrected chi connectivity index (χ2v) is 10.4. The second-order valence-electron chi connectivity index (χ2n) is 10.0. The van der Waals surface area contributed by atoms with E-state index in [1.54, 1.807) is 0 Å². The molecule has 2 fully saturated rings. The highest BCUT2D eigenvalue weighted by atomic mass is 35.5. The molecule has 6 heteroatoms. The molecule has 2 saturated heterocycles. The van der Waals surface area contributed by atoms with Crippen LogP contribution in [0.25, 0.3) is 0 Å². The third kappa shape index (κ3) is 5.93. The molecular weight excluding hydrogens is 448 g/mol. The molecule has 182 valence electrons.